The number of benzene rings is 1. The van der Waals surface area contributed by atoms with Crippen molar-refractivity contribution < 1.29 is 14.6 Å². The van der Waals surface area contributed by atoms with Gasteiger partial charge in [-0.05, 0) is 19.1 Å². The minimum absolute atomic E-state index is 0.158. The molecule has 17 heavy (non-hydrogen) atoms. The summed E-state index contributed by atoms with van der Waals surface area (Å²) in [5.41, 5.74) is 0. The number of β-amino-alcohol motifs (C(OH)–C–C–N with tert-alkyl or cyclic N) is 1. The fourth-order valence-electron chi connectivity index (χ4n) is 1.86. The molecule has 4 nitrogen and oxygen atoms in total. The van der Waals surface area contributed by atoms with E-state index in [1.54, 1.807) is 7.11 Å². The number of hydrogen-bond donors (Lipinski definition) is 1. The van der Waals surface area contributed by atoms with Gasteiger partial charge in [-0.2, -0.15) is 0 Å². The van der Waals surface area contributed by atoms with E-state index in [0.717, 1.165) is 24.6 Å². The molecule has 1 atom stereocenters. The van der Waals surface area contributed by atoms with Crippen molar-refractivity contribution in [2.45, 2.75) is 19.1 Å². The van der Waals surface area contributed by atoms with Crippen LogP contribution in [0.25, 0.3) is 0 Å². The third kappa shape index (κ3) is 3.11. The maximum absolute atomic E-state index is 9.22. The molecule has 1 aromatic carbocycles. The Morgan fingerprint density at radius 2 is 2.12 bits per heavy atom. The average molecular weight is 237 g/mol. The molecule has 0 bridgehead atoms. The third-order valence-electron chi connectivity index (χ3n) is 3.05. The molecule has 0 aromatic heterocycles. The summed E-state index contributed by atoms with van der Waals surface area (Å²) in [7, 11) is 1.64. The summed E-state index contributed by atoms with van der Waals surface area (Å²) >= 11 is 0. The number of rotatable bonds is 5. The van der Waals surface area contributed by atoms with Crippen LogP contribution < -0.4 is 9.47 Å². The fraction of sp³-hybridized carbons (Fsp3) is 0.538. The van der Waals surface area contributed by atoms with Gasteiger partial charge in [0, 0.05) is 25.2 Å². The Labute approximate surface area is 102 Å². The Hall–Kier alpha value is -1.26. The van der Waals surface area contributed by atoms with Crippen molar-refractivity contribution in [3.05, 3.63) is 24.3 Å². The summed E-state index contributed by atoms with van der Waals surface area (Å²) in [6.45, 7) is 4.23. The number of aliphatic hydroxyl groups is 1. The second-order valence-corrected chi connectivity index (χ2v) is 4.45. The smallest absolute Gasteiger partial charge is 0.123 e. The zero-order valence-electron chi connectivity index (χ0n) is 10.3. The SMILES string of the molecule is COc1cccc(OCC(C)N2CC(O)C2)c1. The Morgan fingerprint density at radius 3 is 2.76 bits per heavy atom. The number of likely N-dealkylation sites (tertiary alicyclic amines) is 1. The van der Waals surface area contributed by atoms with Crippen LogP contribution in [-0.2, 0) is 0 Å². The molecule has 1 fully saturated rings. The van der Waals surface area contributed by atoms with E-state index in [1.165, 1.54) is 0 Å². The van der Waals surface area contributed by atoms with Crippen molar-refractivity contribution in [3.63, 3.8) is 0 Å². The average Bonchev–Trinajstić information content (AvgIpc) is 2.32. The van der Waals surface area contributed by atoms with E-state index < -0.39 is 0 Å². The second kappa shape index (κ2) is 5.38. The highest BCUT2D eigenvalue weighted by atomic mass is 16.5. The monoisotopic (exact) mass is 237 g/mol. The molecule has 1 aliphatic rings. The molecule has 0 aliphatic carbocycles. The molecule has 1 saturated heterocycles. The first kappa shape index (κ1) is 12.2. The molecule has 1 aliphatic heterocycles. The number of nitrogens with zero attached hydrogens (tertiary/aromatic N) is 1. The first-order valence-corrected chi connectivity index (χ1v) is 5.88. The zero-order valence-corrected chi connectivity index (χ0v) is 10.3. The van der Waals surface area contributed by atoms with Gasteiger partial charge in [-0.15, -0.1) is 0 Å². The summed E-state index contributed by atoms with van der Waals surface area (Å²) in [5.74, 6) is 1.62. The minimum atomic E-state index is -0.158. The maximum atomic E-state index is 9.22. The summed E-state index contributed by atoms with van der Waals surface area (Å²) in [5, 5.41) is 9.22. The Bertz CT molecular complexity index is 363. The summed E-state index contributed by atoms with van der Waals surface area (Å²) in [6, 6.07) is 7.91. The Morgan fingerprint density at radius 1 is 1.41 bits per heavy atom. The minimum Gasteiger partial charge on any atom is -0.497 e. The lowest BCUT2D eigenvalue weighted by molar-refractivity contribution is -0.0300. The molecule has 1 N–H and O–H groups in total. The van der Waals surface area contributed by atoms with Crippen molar-refractivity contribution in [1.29, 1.82) is 0 Å². The van der Waals surface area contributed by atoms with Gasteiger partial charge in [-0.3, -0.25) is 4.90 Å². The Kier molecular flexibility index (Phi) is 3.86. The van der Waals surface area contributed by atoms with Gasteiger partial charge >= 0.3 is 0 Å². The molecule has 1 heterocycles. The van der Waals surface area contributed by atoms with Gasteiger partial charge in [-0.1, -0.05) is 6.07 Å². The van der Waals surface area contributed by atoms with Gasteiger partial charge in [0.1, 0.15) is 18.1 Å². The molecule has 94 valence electrons. The van der Waals surface area contributed by atoms with Crippen molar-refractivity contribution in [3.8, 4) is 11.5 Å². The molecule has 4 heteroatoms. The van der Waals surface area contributed by atoms with Crippen LogP contribution >= 0.6 is 0 Å². The lowest BCUT2D eigenvalue weighted by Crippen LogP contribution is -2.55. The molecule has 0 saturated carbocycles. The lowest BCUT2D eigenvalue weighted by Gasteiger charge is -2.40. The van der Waals surface area contributed by atoms with E-state index >= 15 is 0 Å². The van der Waals surface area contributed by atoms with Crippen LogP contribution in [0.3, 0.4) is 0 Å². The first-order chi connectivity index (χ1) is 8.19. The van der Waals surface area contributed by atoms with Crippen LogP contribution in [0.5, 0.6) is 11.5 Å². The van der Waals surface area contributed by atoms with E-state index in [0.29, 0.717) is 12.6 Å². The van der Waals surface area contributed by atoms with Gasteiger partial charge < -0.3 is 14.6 Å². The maximum Gasteiger partial charge on any atom is 0.123 e. The molecule has 1 aromatic rings. The standard InChI is InChI=1S/C13H19NO3/c1-10(14-7-11(15)8-14)9-17-13-5-3-4-12(6-13)16-2/h3-6,10-11,15H,7-9H2,1-2H3. The molecule has 0 amide bonds. The molecule has 0 radical (unpaired) electrons. The van der Waals surface area contributed by atoms with Crippen LogP contribution in [0, 0.1) is 0 Å². The zero-order chi connectivity index (χ0) is 12.3. The summed E-state index contributed by atoms with van der Waals surface area (Å²) in [4.78, 5) is 2.20. The van der Waals surface area contributed by atoms with Crippen molar-refractivity contribution >= 4 is 0 Å². The van der Waals surface area contributed by atoms with Crippen molar-refractivity contribution in [1.82, 2.24) is 4.90 Å². The predicted molar refractivity (Wildman–Crippen MR) is 65.5 cm³/mol. The summed E-state index contributed by atoms with van der Waals surface area (Å²) < 4.78 is 10.8. The van der Waals surface area contributed by atoms with Crippen LogP contribution in [0.1, 0.15) is 6.92 Å². The van der Waals surface area contributed by atoms with Gasteiger partial charge in [0.25, 0.3) is 0 Å². The number of hydrogen-bond acceptors (Lipinski definition) is 4. The quantitative estimate of drug-likeness (QED) is 0.834. The highest BCUT2D eigenvalue weighted by Gasteiger charge is 2.28. The molecule has 0 spiro atoms. The van der Waals surface area contributed by atoms with Crippen LogP contribution in [0.4, 0.5) is 0 Å². The van der Waals surface area contributed by atoms with E-state index in [2.05, 4.69) is 11.8 Å². The molecule has 2 rings (SSSR count). The number of aliphatic hydroxyl groups excluding tert-OH is 1. The van der Waals surface area contributed by atoms with E-state index in [9.17, 15) is 5.11 Å². The fourth-order valence-corrected chi connectivity index (χ4v) is 1.86. The largest absolute Gasteiger partial charge is 0.497 e. The first-order valence-electron chi connectivity index (χ1n) is 5.88. The predicted octanol–water partition coefficient (Wildman–Crippen LogP) is 1.14. The highest BCUT2D eigenvalue weighted by molar-refractivity contribution is 5.32. The van der Waals surface area contributed by atoms with Gasteiger partial charge in [0.15, 0.2) is 0 Å². The van der Waals surface area contributed by atoms with Crippen molar-refractivity contribution in [2.75, 3.05) is 26.8 Å². The van der Waals surface area contributed by atoms with E-state index in [-0.39, 0.29) is 6.10 Å². The van der Waals surface area contributed by atoms with Gasteiger partial charge in [-0.25, -0.2) is 0 Å². The van der Waals surface area contributed by atoms with Gasteiger partial charge in [0.2, 0.25) is 0 Å². The van der Waals surface area contributed by atoms with Crippen LogP contribution in [0.2, 0.25) is 0 Å². The lowest BCUT2D eigenvalue weighted by atomic mass is 10.1. The number of methoxy groups -OCH3 is 1. The second-order valence-electron chi connectivity index (χ2n) is 4.45. The molecular weight excluding hydrogens is 218 g/mol. The van der Waals surface area contributed by atoms with Crippen LogP contribution in [-0.4, -0.2) is 49.0 Å². The summed E-state index contributed by atoms with van der Waals surface area (Å²) in [6.07, 6.45) is -0.158. The Balaban J connectivity index is 1.80. The molecular formula is C13H19NO3. The number of ether oxygens (including phenoxy) is 2. The topological polar surface area (TPSA) is 41.9 Å². The third-order valence-corrected chi connectivity index (χ3v) is 3.05. The molecule has 1 unspecified atom stereocenters. The van der Waals surface area contributed by atoms with E-state index in [4.69, 9.17) is 9.47 Å². The highest BCUT2D eigenvalue weighted by Crippen LogP contribution is 2.20. The van der Waals surface area contributed by atoms with E-state index in [1.807, 2.05) is 24.3 Å². The van der Waals surface area contributed by atoms with Crippen LogP contribution in [0.15, 0.2) is 24.3 Å². The van der Waals surface area contributed by atoms with Crippen molar-refractivity contribution in [2.24, 2.45) is 0 Å². The van der Waals surface area contributed by atoms with Gasteiger partial charge in [0.05, 0.1) is 13.2 Å². The normalized spacial score (nSPS) is 18.5.